The summed E-state index contributed by atoms with van der Waals surface area (Å²) < 4.78 is 63.8. The minimum absolute atomic E-state index is 0.0226. The summed E-state index contributed by atoms with van der Waals surface area (Å²) in [5.74, 6) is -4.65. The molecule has 0 amide bonds. The van der Waals surface area contributed by atoms with Gasteiger partial charge in [-0.05, 0) is 85.3 Å². The Morgan fingerprint density at radius 2 is 1.51 bits per heavy atom. The predicted octanol–water partition coefficient (Wildman–Crippen LogP) is 9.16. The fourth-order valence-electron chi connectivity index (χ4n) is 5.14. The highest BCUT2D eigenvalue weighted by Crippen LogP contribution is 2.39. The first-order chi connectivity index (χ1) is 17.8. The zero-order valence-electron chi connectivity index (χ0n) is 21.3. The maximum Gasteiger partial charge on any atom is 0.343 e. The molecule has 0 saturated heterocycles. The fourth-order valence-corrected chi connectivity index (χ4v) is 5.14. The Bertz CT molecular complexity index is 1250. The minimum atomic E-state index is -1.21. The molecule has 37 heavy (non-hydrogen) atoms. The highest BCUT2D eigenvalue weighted by atomic mass is 19.2. The average Bonchev–Trinajstić information content (AvgIpc) is 2.92. The van der Waals surface area contributed by atoms with Crippen molar-refractivity contribution in [3.63, 3.8) is 0 Å². The summed E-state index contributed by atoms with van der Waals surface area (Å²) in [6.07, 6.45) is 6.84. The van der Waals surface area contributed by atoms with Crippen LogP contribution >= 0.6 is 0 Å². The van der Waals surface area contributed by atoms with E-state index in [1.807, 2.05) is 6.92 Å². The van der Waals surface area contributed by atoms with Gasteiger partial charge in [0.25, 0.3) is 0 Å². The third-order valence-corrected chi connectivity index (χ3v) is 7.54. The number of esters is 1. The molecule has 0 aliphatic heterocycles. The number of aryl methyl sites for hydroxylation is 1. The molecule has 3 aromatic carbocycles. The Morgan fingerprint density at radius 1 is 0.811 bits per heavy atom. The average molecular weight is 513 g/mol. The van der Waals surface area contributed by atoms with E-state index in [0.29, 0.717) is 23.5 Å². The van der Waals surface area contributed by atoms with Crippen molar-refractivity contribution in [2.75, 3.05) is 0 Å². The monoisotopic (exact) mass is 512 g/mol. The van der Waals surface area contributed by atoms with Gasteiger partial charge in [0.2, 0.25) is 5.82 Å². The molecule has 0 bridgehead atoms. The van der Waals surface area contributed by atoms with Crippen LogP contribution in [0.4, 0.5) is 17.6 Å². The first-order valence-corrected chi connectivity index (χ1v) is 13.1. The molecule has 6 heteroatoms. The number of carbonyl (C=O) groups is 1. The molecular weight excluding hydrogens is 480 g/mol. The Labute approximate surface area is 215 Å². The molecular formula is C31H32F4O2. The van der Waals surface area contributed by atoms with E-state index in [9.17, 15) is 13.6 Å². The first kappa shape index (κ1) is 26.9. The summed E-state index contributed by atoms with van der Waals surface area (Å²) in [4.78, 5) is 12.5. The number of hydrogen-bond acceptors (Lipinski definition) is 2. The third kappa shape index (κ3) is 5.89. The minimum Gasteiger partial charge on any atom is -0.420 e. The number of unbranched alkanes of at least 4 members (excludes halogenated alkanes) is 1. The second-order valence-corrected chi connectivity index (χ2v) is 9.88. The van der Waals surface area contributed by atoms with E-state index in [1.165, 1.54) is 36.4 Å². The molecule has 0 N–H and O–H groups in total. The number of halogens is 4. The van der Waals surface area contributed by atoms with Crippen LogP contribution in [0, 0.1) is 29.2 Å². The van der Waals surface area contributed by atoms with Gasteiger partial charge in [-0.1, -0.05) is 57.0 Å². The number of rotatable bonds is 8. The van der Waals surface area contributed by atoms with Crippen molar-refractivity contribution in [1.29, 1.82) is 0 Å². The zero-order valence-corrected chi connectivity index (χ0v) is 21.3. The van der Waals surface area contributed by atoms with Crippen LogP contribution in [0.25, 0.3) is 11.1 Å². The Balaban J connectivity index is 1.47. The number of carbonyl (C=O) groups excluding carboxylic acids is 1. The van der Waals surface area contributed by atoms with Gasteiger partial charge in [-0.25, -0.2) is 18.0 Å². The quantitative estimate of drug-likeness (QED) is 0.171. The molecule has 0 spiro atoms. The van der Waals surface area contributed by atoms with E-state index in [2.05, 4.69) is 6.92 Å². The van der Waals surface area contributed by atoms with Crippen LogP contribution in [0.15, 0.2) is 48.5 Å². The lowest BCUT2D eigenvalue weighted by atomic mass is 9.77. The van der Waals surface area contributed by atoms with Gasteiger partial charge in [-0.15, -0.1) is 0 Å². The number of hydrogen-bond donors (Lipinski definition) is 0. The van der Waals surface area contributed by atoms with Crippen molar-refractivity contribution in [3.05, 3.63) is 88.5 Å². The maximum absolute atomic E-state index is 15.0. The van der Waals surface area contributed by atoms with Gasteiger partial charge < -0.3 is 4.74 Å². The Kier molecular flexibility index (Phi) is 8.67. The van der Waals surface area contributed by atoms with Crippen LogP contribution in [0.5, 0.6) is 5.75 Å². The van der Waals surface area contributed by atoms with Crippen molar-refractivity contribution in [2.24, 2.45) is 5.92 Å². The highest BCUT2D eigenvalue weighted by molar-refractivity contribution is 5.91. The lowest BCUT2D eigenvalue weighted by Crippen LogP contribution is -2.14. The fraction of sp³-hybridized carbons (Fsp3) is 0.387. The van der Waals surface area contributed by atoms with Crippen molar-refractivity contribution < 1.29 is 27.1 Å². The van der Waals surface area contributed by atoms with E-state index >= 15 is 8.78 Å². The maximum atomic E-state index is 15.0. The van der Waals surface area contributed by atoms with Crippen LogP contribution < -0.4 is 4.74 Å². The predicted molar refractivity (Wildman–Crippen MR) is 137 cm³/mol. The van der Waals surface area contributed by atoms with Gasteiger partial charge in [-0.2, -0.15) is 4.39 Å². The van der Waals surface area contributed by atoms with E-state index in [1.54, 1.807) is 12.1 Å². The van der Waals surface area contributed by atoms with Gasteiger partial charge >= 0.3 is 5.97 Å². The van der Waals surface area contributed by atoms with Crippen molar-refractivity contribution in [2.45, 2.75) is 71.1 Å². The molecule has 1 fully saturated rings. The Morgan fingerprint density at radius 3 is 2.16 bits per heavy atom. The standard InChI is InChI=1S/C31H32F4O2/c1-3-5-6-22-15-18-26(30(35)27(22)32)37-31(36)23-13-11-21(12-14-23)25-17-16-24(28(33)29(25)34)20-9-7-19(4-2)8-10-20/h11-20H,3-10H2,1-2H3. The van der Waals surface area contributed by atoms with E-state index in [4.69, 9.17) is 4.74 Å². The smallest absolute Gasteiger partial charge is 0.343 e. The van der Waals surface area contributed by atoms with Gasteiger partial charge in [-0.3, -0.25) is 0 Å². The lowest BCUT2D eigenvalue weighted by Gasteiger charge is -2.28. The molecule has 1 aliphatic rings. The summed E-state index contributed by atoms with van der Waals surface area (Å²) >= 11 is 0. The second kappa shape index (κ2) is 11.9. The van der Waals surface area contributed by atoms with Crippen LogP contribution in [0.1, 0.15) is 86.2 Å². The van der Waals surface area contributed by atoms with Gasteiger partial charge in [0, 0.05) is 5.56 Å². The third-order valence-electron chi connectivity index (χ3n) is 7.54. The van der Waals surface area contributed by atoms with Crippen LogP contribution in [-0.4, -0.2) is 5.97 Å². The molecule has 1 aliphatic carbocycles. The topological polar surface area (TPSA) is 26.3 Å². The molecule has 0 unspecified atom stereocenters. The van der Waals surface area contributed by atoms with Crippen LogP contribution in [-0.2, 0) is 6.42 Å². The molecule has 3 aromatic rings. The highest BCUT2D eigenvalue weighted by Gasteiger charge is 2.26. The van der Waals surface area contributed by atoms with E-state index in [0.717, 1.165) is 44.9 Å². The molecule has 0 heterocycles. The SMILES string of the molecule is CCCCc1ccc(OC(=O)c2ccc(-c3ccc(C4CCC(CC)CC4)c(F)c3F)cc2)c(F)c1F. The first-order valence-electron chi connectivity index (χ1n) is 13.1. The zero-order chi connectivity index (χ0) is 26.5. The molecule has 1 saturated carbocycles. The summed E-state index contributed by atoms with van der Waals surface area (Å²) in [6.45, 7) is 4.11. The van der Waals surface area contributed by atoms with Crippen LogP contribution in [0.3, 0.4) is 0 Å². The van der Waals surface area contributed by atoms with Crippen molar-refractivity contribution in [1.82, 2.24) is 0 Å². The van der Waals surface area contributed by atoms with Gasteiger partial charge in [0.15, 0.2) is 23.2 Å². The lowest BCUT2D eigenvalue weighted by molar-refractivity contribution is 0.0726. The molecule has 2 nitrogen and oxygen atoms in total. The molecule has 0 atom stereocenters. The molecule has 0 radical (unpaired) electrons. The van der Waals surface area contributed by atoms with Gasteiger partial charge in [0.05, 0.1) is 5.56 Å². The van der Waals surface area contributed by atoms with Gasteiger partial charge in [0.1, 0.15) is 0 Å². The molecule has 4 rings (SSSR count). The normalized spacial score (nSPS) is 17.6. The molecule has 196 valence electrons. The van der Waals surface area contributed by atoms with Crippen molar-refractivity contribution in [3.8, 4) is 16.9 Å². The number of ether oxygens (including phenoxy) is 1. The second-order valence-electron chi connectivity index (χ2n) is 9.88. The molecule has 0 aromatic heterocycles. The Hall–Kier alpha value is -3.15. The van der Waals surface area contributed by atoms with E-state index in [-0.39, 0.29) is 22.6 Å². The number of benzene rings is 3. The summed E-state index contributed by atoms with van der Waals surface area (Å²) in [5.41, 5.74) is 1.22. The van der Waals surface area contributed by atoms with Crippen molar-refractivity contribution >= 4 is 5.97 Å². The largest absolute Gasteiger partial charge is 0.420 e. The van der Waals surface area contributed by atoms with E-state index < -0.39 is 35.0 Å². The summed E-state index contributed by atoms with van der Waals surface area (Å²) in [5, 5.41) is 0. The summed E-state index contributed by atoms with van der Waals surface area (Å²) in [7, 11) is 0. The van der Waals surface area contributed by atoms with Crippen LogP contribution in [0.2, 0.25) is 0 Å². The summed E-state index contributed by atoms with van der Waals surface area (Å²) in [6, 6.07) is 11.6.